The van der Waals surface area contributed by atoms with Crippen LogP contribution in [0.25, 0.3) is 0 Å². The Hall–Kier alpha value is -1.30. The van der Waals surface area contributed by atoms with Crippen molar-refractivity contribution >= 4 is 11.9 Å². The third kappa shape index (κ3) is 5.21. The molecule has 0 aliphatic heterocycles. The van der Waals surface area contributed by atoms with Crippen molar-refractivity contribution in [2.24, 2.45) is 10.8 Å². The number of amidine groups is 1. The molecule has 6 heteroatoms. The molecule has 3 N–H and O–H groups in total. The molecule has 0 rings (SSSR count). The molecule has 0 saturated carbocycles. The maximum atomic E-state index is 11.0. The summed E-state index contributed by atoms with van der Waals surface area (Å²) in [6.45, 7) is 5.64. The molecule has 0 radical (unpaired) electrons. The number of hydrazone groups is 1. The van der Waals surface area contributed by atoms with E-state index in [2.05, 4.69) is 15.3 Å². The monoisotopic (exact) mass is 216 g/mol. The van der Waals surface area contributed by atoms with E-state index in [4.69, 9.17) is 5.73 Å². The van der Waals surface area contributed by atoms with E-state index in [0.29, 0.717) is 12.4 Å². The molecule has 0 bridgehead atoms. The van der Waals surface area contributed by atoms with Gasteiger partial charge in [-0.25, -0.2) is 10.2 Å². The number of likely N-dealkylation sites (N-methyl/N-ethyl adjacent to an activating group) is 1. The minimum absolute atomic E-state index is 0.310. The number of hydrogen-bond acceptors (Lipinski definition) is 4. The second-order valence-electron chi connectivity index (χ2n) is 3.88. The van der Waals surface area contributed by atoms with Gasteiger partial charge in [-0.05, 0) is 20.8 Å². The van der Waals surface area contributed by atoms with Crippen LogP contribution in [-0.4, -0.2) is 43.1 Å². The molecule has 0 unspecified atom stereocenters. The number of carbonyl (C=O) groups excluding carboxylic acids is 1. The van der Waals surface area contributed by atoms with E-state index in [-0.39, 0.29) is 0 Å². The Morgan fingerprint density at radius 2 is 2.07 bits per heavy atom. The number of nitrogens with two attached hydrogens (primary N) is 1. The van der Waals surface area contributed by atoms with Crippen LogP contribution in [0.4, 0.5) is 4.79 Å². The average Bonchev–Trinajstić information content (AvgIpc) is 2.01. The van der Waals surface area contributed by atoms with E-state index in [1.165, 1.54) is 0 Å². The molecule has 0 aromatic carbocycles. The third-order valence-corrected chi connectivity index (χ3v) is 1.53. The van der Waals surface area contributed by atoms with Crippen molar-refractivity contribution in [1.82, 2.24) is 10.3 Å². The SMILES string of the molecule is CCOC(=O)N/N=C(\N(C)C)C(C)(C)N. The highest BCUT2D eigenvalue weighted by molar-refractivity contribution is 5.90. The van der Waals surface area contributed by atoms with Crippen LogP contribution in [0.5, 0.6) is 0 Å². The van der Waals surface area contributed by atoms with Crippen molar-refractivity contribution in [2.75, 3.05) is 20.7 Å². The van der Waals surface area contributed by atoms with Crippen LogP contribution in [0, 0.1) is 0 Å². The van der Waals surface area contributed by atoms with Gasteiger partial charge in [0.25, 0.3) is 0 Å². The molecule has 0 saturated heterocycles. The topological polar surface area (TPSA) is 80.0 Å². The van der Waals surface area contributed by atoms with E-state index in [1.54, 1.807) is 39.8 Å². The highest BCUT2D eigenvalue weighted by Crippen LogP contribution is 2.02. The van der Waals surface area contributed by atoms with Crippen LogP contribution < -0.4 is 11.2 Å². The molecule has 0 spiro atoms. The summed E-state index contributed by atoms with van der Waals surface area (Å²) in [4.78, 5) is 12.7. The Morgan fingerprint density at radius 1 is 1.53 bits per heavy atom. The Bertz CT molecular complexity index is 243. The lowest BCUT2D eigenvalue weighted by atomic mass is 10.1. The quantitative estimate of drug-likeness (QED) is 0.405. The van der Waals surface area contributed by atoms with Crippen molar-refractivity contribution in [3.8, 4) is 0 Å². The number of amides is 1. The van der Waals surface area contributed by atoms with Crippen molar-refractivity contribution < 1.29 is 9.53 Å². The maximum Gasteiger partial charge on any atom is 0.427 e. The molecule has 0 aliphatic rings. The van der Waals surface area contributed by atoms with Gasteiger partial charge in [0, 0.05) is 14.1 Å². The van der Waals surface area contributed by atoms with E-state index in [0.717, 1.165) is 0 Å². The normalized spacial score (nSPS) is 12.3. The predicted molar refractivity (Wildman–Crippen MR) is 59.5 cm³/mol. The van der Waals surface area contributed by atoms with Crippen molar-refractivity contribution in [3.63, 3.8) is 0 Å². The summed E-state index contributed by atoms with van der Waals surface area (Å²) >= 11 is 0. The van der Waals surface area contributed by atoms with Crippen molar-refractivity contribution in [2.45, 2.75) is 26.3 Å². The highest BCUT2D eigenvalue weighted by atomic mass is 16.5. The van der Waals surface area contributed by atoms with Crippen LogP contribution in [0.1, 0.15) is 20.8 Å². The zero-order valence-corrected chi connectivity index (χ0v) is 10.00. The second-order valence-corrected chi connectivity index (χ2v) is 3.88. The summed E-state index contributed by atoms with van der Waals surface area (Å²) < 4.78 is 4.67. The molecule has 0 fully saturated rings. The predicted octanol–water partition coefficient (Wildman–Crippen LogP) is 0.345. The lowest BCUT2D eigenvalue weighted by Gasteiger charge is -2.26. The van der Waals surface area contributed by atoms with E-state index in [1.807, 2.05) is 0 Å². The smallest absolute Gasteiger partial charge is 0.427 e. The van der Waals surface area contributed by atoms with Gasteiger partial charge in [-0.3, -0.25) is 0 Å². The van der Waals surface area contributed by atoms with Crippen LogP contribution in [0.3, 0.4) is 0 Å². The summed E-state index contributed by atoms with van der Waals surface area (Å²) in [6.07, 6.45) is -0.582. The Balaban J connectivity index is 4.51. The number of ether oxygens (including phenoxy) is 1. The van der Waals surface area contributed by atoms with Crippen molar-refractivity contribution in [1.29, 1.82) is 0 Å². The fourth-order valence-electron chi connectivity index (χ4n) is 1.08. The third-order valence-electron chi connectivity index (χ3n) is 1.53. The summed E-state index contributed by atoms with van der Waals surface area (Å²) in [7, 11) is 3.61. The first-order valence-corrected chi connectivity index (χ1v) is 4.76. The fraction of sp³-hybridized carbons (Fsp3) is 0.778. The lowest BCUT2D eigenvalue weighted by Crippen LogP contribution is -2.49. The van der Waals surface area contributed by atoms with Gasteiger partial charge in [0.05, 0.1) is 12.1 Å². The molecule has 0 aromatic heterocycles. The number of hydrogen-bond donors (Lipinski definition) is 2. The summed E-state index contributed by atoms with van der Waals surface area (Å²) in [5.74, 6) is 0.565. The van der Waals surface area contributed by atoms with E-state index in [9.17, 15) is 4.79 Å². The molecule has 88 valence electrons. The summed E-state index contributed by atoms with van der Waals surface area (Å²) in [6, 6.07) is 0. The van der Waals surface area contributed by atoms with Gasteiger partial charge >= 0.3 is 6.09 Å². The van der Waals surface area contributed by atoms with Gasteiger partial charge < -0.3 is 15.4 Å². The van der Waals surface area contributed by atoms with Gasteiger partial charge in [-0.2, -0.15) is 5.10 Å². The largest absolute Gasteiger partial charge is 0.449 e. The molecule has 1 amide bonds. The van der Waals surface area contributed by atoms with Crippen LogP contribution >= 0.6 is 0 Å². The standard InChI is InChI=1S/C9H20N4O2/c1-6-15-8(14)12-11-7(13(4)5)9(2,3)10/h6,10H2,1-5H3,(H,12,14)/b11-7-. The second kappa shape index (κ2) is 5.55. The van der Waals surface area contributed by atoms with Gasteiger partial charge in [0.2, 0.25) is 0 Å². The molecule has 0 atom stereocenters. The first kappa shape index (κ1) is 13.7. The average molecular weight is 216 g/mol. The zero-order valence-electron chi connectivity index (χ0n) is 10.00. The van der Waals surface area contributed by atoms with Crippen molar-refractivity contribution in [3.05, 3.63) is 0 Å². The number of carbonyl (C=O) groups is 1. The summed E-state index contributed by atoms with van der Waals surface area (Å²) in [5, 5.41) is 3.91. The minimum atomic E-state index is -0.622. The van der Waals surface area contributed by atoms with Gasteiger partial charge in [-0.1, -0.05) is 0 Å². The fourth-order valence-corrected chi connectivity index (χ4v) is 1.08. The number of nitrogens with one attached hydrogen (secondary N) is 1. The van der Waals surface area contributed by atoms with E-state index >= 15 is 0 Å². The van der Waals surface area contributed by atoms with Gasteiger partial charge in [0.15, 0.2) is 0 Å². The minimum Gasteiger partial charge on any atom is -0.449 e. The summed E-state index contributed by atoms with van der Waals surface area (Å²) in [5.41, 5.74) is 7.53. The first-order chi connectivity index (χ1) is 6.79. The van der Waals surface area contributed by atoms with E-state index < -0.39 is 11.6 Å². The molecule has 0 aromatic rings. The van der Waals surface area contributed by atoms with Crippen LogP contribution in [0.15, 0.2) is 5.10 Å². The number of rotatable bonds is 3. The molecular formula is C9H20N4O2. The Morgan fingerprint density at radius 3 is 2.40 bits per heavy atom. The molecular weight excluding hydrogens is 196 g/mol. The zero-order chi connectivity index (χ0) is 12.1. The molecule has 15 heavy (non-hydrogen) atoms. The Kier molecular flexibility index (Phi) is 5.07. The Labute approximate surface area is 90.4 Å². The molecule has 6 nitrogen and oxygen atoms in total. The van der Waals surface area contributed by atoms with Gasteiger partial charge in [0.1, 0.15) is 5.84 Å². The van der Waals surface area contributed by atoms with Gasteiger partial charge in [-0.15, -0.1) is 0 Å². The first-order valence-electron chi connectivity index (χ1n) is 4.76. The molecule has 0 heterocycles. The van der Waals surface area contributed by atoms with Crippen LogP contribution in [-0.2, 0) is 4.74 Å². The van der Waals surface area contributed by atoms with Crippen LogP contribution in [0.2, 0.25) is 0 Å². The molecule has 0 aliphatic carbocycles. The maximum absolute atomic E-state index is 11.0. The highest BCUT2D eigenvalue weighted by Gasteiger charge is 2.22. The lowest BCUT2D eigenvalue weighted by molar-refractivity contribution is 0.152. The number of nitrogens with zero attached hydrogens (tertiary/aromatic N) is 2.